The van der Waals surface area contributed by atoms with Crippen molar-refractivity contribution in [1.82, 2.24) is 85.4 Å². The van der Waals surface area contributed by atoms with Gasteiger partial charge in [-0.05, 0) is 98.9 Å². The van der Waals surface area contributed by atoms with Crippen molar-refractivity contribution in [2.75, 3.05) is 270 Å². The Kier molecular flexibility index (Phi) is 53.1. The first-order valence-electron chi connectivity index (χ1n) is 36.9. The van der Waals surface area contributed by atoms with Crippen LogP contribution in [0.25, 0.3) is 0 Å². The topological polar surface area (TPSA) is 305 Å². The first-order valence-corrected chi connectivity index (χ1v) is 36.9. The summed E-state index contributed by atoms with van der Waals surface area (Å²) in [5.74, 6) is 0.675. The molecule has 578 valence electrons. The van der Waals surface area contributed by atoms with E-state index in [1.807, 2.05) is 19.0 Å². The molecule has 0 atom stereocenters. The lowest BCUT2D eigenvalue weighted by Crippen LogP contribution is -2.50. The normalized spacial score (nSPS) is 17.3. The molecular formula is C70H135N17O13. The number of nitrogens with one attached hydrogen (secondary N) is 5. The van der Waals surface area contributed by atoms with Crippen LogP contribution in [0.5, 0.6) is 0 Å². The predicted octanol–water partition coefficient (Wildman–Crippen LogP) is -0.938. The number of esters is 1. The Morgan fingerprint density at radius 3 is 0.940 bits per heavy atom. The van der Waals surface area contributed by atoms with Crippen LogP contribution in [-0.4, -0.2) is 394 Å². The molecule has 0 aromatic heterocycles. The summed E-state index contributed by atoms with van der Waals surface area (Å²) in [6.45, 7) is 48.5. The number of rotatable bonds is 32. The monoisotopic (exact) mass is 1420 g/mol. The molecule has 6 fully saturated rings. The maximum absolute atomic E-state index is 11.8. The van der Waals surface area contributed by atoms with Crippen LogP contribution in [-0.2, 0) is 62.2 Å². The number of likely N-dealkylation sites (N-methyl/N-ethyl adjacent to an activating group) is 1. The lowest BCUT2D eigenvalue weighted by Gasteiger charge is -2.34. The molecule has 0 unspecified atom stereocenters. The van der Waals surface area contributed by atoms with Crippen LogP contribution in [0.3, 0.4) is 0 Å². The molecule has 0 aromatic rings. The second kappa shape index (κ2) is 57.7. The van der Waals surface area contributed by atoms with Crippen molar-refractivity contribution >= 4 is 64.8 Å². The van der Waals surface area contributed by atoms with Gasteiger partial charge in [-0.3, -0.25) is 62.6 Å². The number of Topliss-reactive ketones (excluding diaryl/α,β-unsaturated/α-hetero) is 2. The second-order valence-corrected chi connectivity index (χ2v) is 26.1. The molecule has 6 aliphatic rings. The standard InChI is InChI=1S/C14H28N4O2.C13H28N4O2.C12H25N3O2.C12H20N2O3.C11H20N2O2.C8H14N2O2/c1-13(19)15-5-3-7-17-9-11-18(12-10-17)8-4-6-16-14(2)20;1-14-4-3-5-16-6-8-17(9-7-16)10-11-19-12-13(18)15-2;1-12(16)17-11-10-15-8-6-14(7-9-15)5-3-4-13-2;1-3-11(16)4-5-12(17)14-8-6-13(7-9-14)10(2)15;1-10(14)4-3-5-12-6-8-13(9-7-12)11(2)15;1-7(11)9-3-5-10(6-4-9)8(2)12/h3-12H2,1-2H3,(H,15,19)(H,16,20);14H,3-12H2,1-2H3,(H,15,18);13H,3-11H2,1-2H3;3-9H2,1-2H3;3-9H2,1-2H3;3-6H2,1-2H3. The van der Waals surface area contributed by atoms with Gasteiger partial charge in [-0.15, -0.1) is 0 Å². The molecule has 0 radical (unpaired) electrons. The van der Waals surface area contributed by atoms with Crippen molar-refractivity contribution in [3.8, 4) is 0 Å². The fourth-order valence-corrected chi connectivity index (χ4v) is 11.6. The third-order valence-corrected chi connectivity index (χ3v) is 18.1. The lowest BCUT2D eigenvalue weighted by atomic mass is 10.1. The highest BCUT2D eigenvalue weighted by molar-refractivity contribution is 5.85. The van der Waals surface area contributed by atoms with E-state index < -0.39 is 0 Å². The van der Waals surface area contributed by atoms with Crippen LogP contribution in [0.15, 0.2) is 0 Å². The smallest absolute Gasteiger partial charge is 0.302 e. The van der Waals surface area contributed by atoms with Gasteiger partial charge in [0.05, 0.1) is 6.61 Å². The van der Waals surface area contributed by atoms with E-state index in [2.05, 4.69) is 60.9 Å². The van der Waals surface area contributed by atoms with E-state index in [9.17, 15) is 52.7 Å². The van der Waals surface area contributed by atoms with Crippen molar-refractivity contribution in [2.45, 2.75) is 120 Å². The molecule has 0 bridgehead atoms. The Morgan fingerprint density at radius 2 is 0.640 bits per heavy atom. The molecule has 5 N–H and O–H groups in total. The predicted molar refractivity (Wildman–Crippen MR) is 390 cm³/mol. The number of ether oxygens (including phenoxy) is 2. The minimum atomic E-state index is -0.185. The lowest BCUT2D eigenvalue weighted by molar-refractivity contribution is -0.141. The fourth-order valence-electron chi connectivity index (χ4n) is 11.6. The molecule has 0 aromatic carbocycles. The van der Waals surface area contributed by atoms with Gasteiger partial charge in [0, 0.05) is 264 Å². The minimum Gasteiger partial charge on any atom is -0.465 e. The van der Waals surface area contributed by atoms with Crippen LogP contribution in [0.1, 0.15) is 120 Å². The third-order valence-electron chi connectivity index (χ3n) is 18.1. The maximum Gasteiger partial charge on any atom is 0.302 e. The van der Waals surface area contributed by atoms with Gasteiger partial charge < -0.3 is 85.0 Å². The van der Waals surface area contributed by atoms with E-state index >= 15 is 0 Å². The Bertz CT molecular complexity index is 2240. The Labute approximate surface area is 600 Å². The molecule has 6 saturated heterocycles. The number of amides is 8. The highest BCUT2D eigenvalue weighted by Gasteiger charge is 2.24. The summed E-state index contributed by atoms with van der Waals surface area (Å²) >= 11 is 0. The van der Waals surface area contributed by atoms with Crippen LogP contribution < -0.4 is 26.6 Å². The summed E-state index contributed by atoms with van der Waals surface area (Å²) in [7, 11) is 5.61. The number of ketones is 2. The van der Waals surface area contributed by atoms with Gasteiger partial charge >= 0.3 is 5.97 Å². The molecule has 6 heterocycles. The zero-order chi connectivity index (χ0) is 74.5. The average molecular weight is 1420 g/mol. The van der Waals surface area contributed by atoms with Crippen molar-refractivity contribution < 1.29 is 62.2 Å². The van der Waals surface area contributed by atoms with E-state index in [0.717, 1.165) is 183 Å². The molecule has 0 saturated carbocycles. The van der Waals surface area contributed by atoms with Crippen LogP contribution in [0.2, 0.25) is 0 Å². The molecule has 30 nitrogen and oxygen atoms in total. The van der Waals surface area contributed by atoms with E-state index in [1.54, 1.807) is 75.1 Å². The molecule has 6 rings (SSSR count). The summed E-state index contributed by atoms with van der Waals surface area (Å²) in [4.78, 5) is 147. The van der Waals surface area contributed by atoms with Crippen molar-refractivity contribution in [3.05, 3.63) is 0 Å². The van der Waals surface area contributed by atoms with E-state index in [0.29, 0.717) is 91.3 Å². The first kappa shape index (κ1) is 92.2. The summed E-state index contributed by atoms with van der Waals surface area (Å²) in [5, 5.41) is 14.5. The number of piperazine rings is 6. The van der Waals surface area contributed by atoms with Gasteiger partial charge in [-0.2, -0.15) is 0 Å². The number of hydrogen-bond acceptors (Lipinski definition) is 22. The largest absolute Gasteiger partial charge is 0.465 e. The molecule has 0 spiro atoms. The molecule has 30 heteroatoms. The second-order valence-electron chi connectivity index (χ2n) is 26.1. The Morgan fingerprint density at radius 1 is 0.340 bits per heavy atom. The van der Waals surface area contributed by atoms with Gasteiger partial charge in [0.15, 0.2) is 0 Å². The van der Waals surface area contributed by atoms with Gasteiger partial charge in [0.25, 0.3) is 0 Å². The highest BCUT2D eigenvalue weighted by atomic mass is 16.5. The summed E-state index contributed by atoms with van der Waals surface area (Å²) in [6.07, 6.45) is 7.20. The van der Waals surface area contributed by atoms with Gasteiger partial charge in [-0.25, -0.2) is 0 Å². The van der Waals surface area contributed by atoms with Crippen molar-refractivity contribution in [2.24, 2.45) is 0 Å². The number of hydrogen-bond donors (Lipinski definition) is 5. The van der Waals surface area contributed by atoms with Crippen molar-refractivity contribution in [3.63, 3.8) is 0 Å². The molecule has 6 aliphatic heterocycles. The Hall–Kier alpha value is -5.83. The summed E-state index contributed by atoms with van der Waals surface area (Å²) < 4.78 is 10.3. The number of carbonyl (C=O) groups excluding carboxylic acids is 11. The molecule has 0 aliphatic carbocycles. The molecule has 8 amide bonds. The van der Waals surface area contributed by atoms with Crippen LogP contribution >= 0.6 is 0 Å². The minimum absolute atomic E-state index is 0.0232. The van der Waals surface area contributed by atoms with Crippen LogP contribution in [0, 0.1) is 0 Å². The van der Waals surface area contributed by atoms with Gasteiger partial charge in [-0.1, -0.05) is 6.92 Å². The third kappa shape index (κ3) is 48.1. The van der Waals surface area contributed by atoms with Crippen LogP contribution in [0.4, 0.5) is 0 Å². The fraction of sp³-hybridized carbons (Fsp3) is 0.843. The zero-order valence-corrected chi connectivity index (χ0v) is 63.9. The van der Waals surface area contributed by atoms with Crippen molar-refractivity contribution in [1.29, 1.82) is 0 Å². The zero-order valence-electron chi connectivity index (χ0n) is 63.9. The van der Waals surface area contributed by atoms with E-state index in [-0.39, 0.29) is 71.4 Å². The van der Waals surface area contributed by atoms with E-state index in [1.165, 1.54) is 39.8 Å². The summed E-state index contributed by atoms with van der Waals surface area (Å²) in [6, 6.07) is 0. The number of carbonyl (C=O) groups is 11. The quantitative estimate of drug-likeness (QED) is 0.0401. The summed E-state index contributed by atoms with van der Waals surface area (Å²) in [5.41, 5.74) is 0. The molecule has 100 heavy (non-hydrogen) atoms. The number of nitrogens with zero attached hydrogens (tertiary/aromatic N) is 12. The van der Waals surface area contributed by atoms with Gasteiger partial charge in [0.1, 0.15) is 24.8 Å². The average Bonchev–Trinajstić information content (AvgIpc) is 0.988. The van der Waals surface area contributed by atoms with Gasteiger partial charge in [0.2, 0.25) is 47.3 Å². The Balaban J connectivity index is 0.000000604. The molecular weight excluding hydrogens is 1290 g/mol. The first-order chi connectivity index (χ1) is 47.8. The highest BCUT2D eigenvalue weighted by Crippen LogP contribution is 2.10. The SMILES string of the molecule is CC(=O)CCCN1CCN(C(C)=O)CC1.CC(=O)N1CCN(C(C)=O)CC1.CC(=O)NCCCN1CCN(CCCNC(C)=O)CC1.CCC(=O)CCC(=O)N1CCN(C(C)=O)CC1.CNCCCN1CCN(CCOC(C)=O)CC1.CNCCCN1CCN(CCOCC(=O)NC)CC1. The van der Waals surface area contributed by atoms with E-state index in [4.69, 9.17) is 9.47 Å². The maximum atomic E-state index is 11.8.